The lowest BCUT2D eigenvalue weighted by Crippen LogP contribution is -2.22. The van der Waals surface area contributed by atoms with Crippen LogP contribution >= 0.6 is 22.6 Å². The standard InChI is InChI=1S/C24H18INO2/c25-17-8-6-16(7-9-17)21-14-19(15-4-2-1-3-5-15)24-18-10-13-23(27)28-22(18)12-11-20(24)26-21/h1-13,19,21,26H,14H2. The summed E-state index contributed by atoms with van der Waals surface area (Å²) in [4.78, 5) is 11.7. The first-order valence-corrected chi connectivity index (χ1v) is 10.4. The molecule has 0 spiro atoms. The number of benzene rings is 3. The Morgan fingerprint density at radius 1 is 0.857 bits per heavy atom. The highest BCUT2D eigenvalue weighted by Crippen LogP contribution is 2.46. The van der Waals surface area contributed by atoms with Gasteiger partial charge in [0.1, 0.15) is 5.58 Å². The van der Waals surface area contributed by atoms with Gasteiger partial charge in [0, 0.05) is 26.6 Å². The Labute approximate surface area is 176 Å². The van der Waals surface area contributed by atoms with Crippen LogP contribution in [0.1, 0.15) is 35.1 Å². The van der Waals surface area contributed by atoms with Gasteiger partial charge in [-0.15, -0.1) is 0 Å². The van der Waals surface area contributed by atoms with Gasteiger partial charge < -0.3 is 9.73 Å². The number of halogens is 1. The second-order valence-corrected chi connectivity index (χ2v) is 8.39. The maximum Gasteiger partial charge on any atom is 0.336 e. The monoisotopic (exact) mass is 479 g/mol. The third kappa shape index (κ3) is 3.11. The summed E-state index contributed by atoms with van der Waals surface area (Å²) in [5.74, 6) is 0.220. The Morgan fingerprint density at radius 2 is 1.64 bits per heavy atom. The van der Waals surface area contributed by atoms with Gasteiger partial charge in [-0.3, -0.25) is 0 Å². The summed E-state index contributed by atoms with van der Waals surface area (Å²) in [5, 5.41) is 4.72. The van der Waals surface area contributed by atoms with Crippen molar-refractivity contribution >= 4 is 39.2 Å². The fourth-order valence-electron chi connectivity index (χ4n) is 4.18. The molecule has 0 saturated heterocycles. The molecule has 2 unspecified atom stereocenters. The van der Waals surface area contributed by atoms with E-state index in [4.69, 9.17) is 4.42 Å². The average Bonchev–Trinajstić information content (AvgIpc) is 2.73. The first-order chi connectivity index (χ1) is 13.7. The Morgan fingerprint density at radius 3 is 2.43 bits per heavy atom. The van der Waals surface area contributed by atoms with Crippen LogP contribution in [0.5, 0.6) is 0 Å². The van der Waals surface area contributed by atoms with E-state index in [2.05, 4.69) is 76.4 Å². The molecule has 3 nitrogen and oxygen atoms in total. The van der Waals surface area contributed by atoms with Crippen molar-refractivity contribution < 1.29 is 4.42 Å². The molecule has 1 aliphatic heterocycles. The van der Waals surface area contributed by atoms with Crippen LogP contribution in [0.2, 0.25) is 0 Å². The first-order valence-electron chi connectivity index (χ1n) is 9.33. The molecule has 2 heterocycles. The topological polar surface area (TPSA) is 42.2 Å². The molecule has 2 atom stereocenters. The molecule has 4 heteroatoms. The summed E-state index contributed by atoms with van der Waals surface area (Å²) in [7, 11) is 0. The van der Waals surface area contributed by atoms with Gasteiger partial charge in [0.25, 0.3) is 0 Å². The molecule has 3 aromatic carbocycles. The molecule has 1 aliphatic rings. The molecule has 0 radical (unpaired) electrons. The van der Waals surface area contributed by atoms with E-state index in [1.54, 1.807) is 0 Å². The second kappa shape index (κ2) is 7.09. The van der Waals surface area contributed by atoms with E-state index in [-0.39, 0.29) is 17.6 Å². The van der Waals surface area contributed by atoms with Crippen molar-refractivity contribution in [2.75, 3.05) is 5.32 Å². The molecule has 0 amide bonds. The summed E-state index contributed by atoms with van der Waals surface area (Å²) in [6.07, 6.45) is 0.940. The van der Waals surface area contributed by atoms with Crippen molar-refractivity contribution in [3.63, 3.8) is 0 Å². The minimum atomic E-state index is -0.316. The van der Waals surface area contributed by atoms with Gasteiger partial charge in [0.05, 0.1) is 6.04 Å². The quantitative estimate of drug-likeness (QED) is 0.280. The number of nitrogens with one attached hydrogen (secondary N) is 1. The molecule has 0 saturated carbocycles. The molecule has 1 N–H and O–H groups in total. The number of hydrogen-bond acceptors (Lipinski definition) is 3. The van der Waals surface area contributed by atoms with Crippen LogP contribution < -0.4 is 10.9 Å². The molecule has 4 aromatic rings. The minimum absolute atomic E-state index is 0.220. The number of fused-ring (bicyclic) bond motifs is 3. The van der Waals surface area contributed by atoms with Crippen LogP contribution in [0.15, 0.2) is 88.1 Å². The molecule has 0 fully saturated rings. The first kappa shape index (κ1) is 17.5. The highest BCUT2D eigenvalue weighted by molar-refractivity contribution is 14.1. The van der Waals surface area contributed by atoms with Crippen LogP contribution in [0, 0.1) is 3.57 Å². The summed E-state index contributed by atoms with van der Waals surface area (Å²) < 4.78 is 6.69. The van der Waals surface area contributed by atoms with E-state index in [9.17, 15) is 4.79 Å². The van der Waals surface area contributed by atoms with Gasteiger partial charge in [0.2, 0.25) is 0 Å². The highest BCUT2D eigenvalue weighted by Gasteiger charge is 2.30. The van der Waals surface area contributed by atoms with Crippen LogP contribution in [0.4, 0.5) is 5.69 Å². The lowest BCUT2D eigenvalue weighted by molar-refractivity contribution is 0.558. The van der Waals surface area contributed by atoms with Gasteiger partial charge in [-0.1, -0.05) is 42.5 Å². The number of rotatable bonds is 2. The minimum Gasteiger partial charge on any atom is -0.423 e. The summed E-state index contributed by atoms with van der Waals surface area (Å²) >= 11 is 2.34. The van der Waals surface area contributed by atoms with Crippen molar-refractivity contribution in [2.45, 2.75) is 18.4 Å². The lowest BCUT2D eigenvalue weighted by Gasteiger charge is -2.34. The molecule has 0 bridgehead atoms. The van der Waals surface area contributed by atoms with Gasteiger partial charge >= 0.3 is 5.63 Å². The SMILES string of the molecule is O=c1ccc2c3c(ccc2o1)NC(c1ccc(I)cc1)CC3c1ccccc1. The summed E-state index contributed by atoms with van der Waals surface area (Å²) in [6, 6.07) is 26.8. The predicted molar refractivity (Wildman–Crippen MR) is 121 cm³/mol. The highest BCUT2D eigenvalue weighted by atomic mass is 127. The fourth-order valence-corrected chi connectivity index (χ4v) is 4.53. The van der Waals surface area contributed by atoms with Crippen LogP contribution in [0.25, 0.3) is 11.0 Å². The molecule has 0 aliphatic carbocycles. The van der Waals surface area contributed by atoms with Crippen LogP contribution in [-0.4, -0.2) is 0 Å². The molecule has 1 aromatic heterocycles. The Hall–Kier alpha value is -2.60. The van der Waals surface area contributed by atoms with E-state index in [0.29, 0.717) is 5.58 Å². The number of anilines is 1. The van der Waals surface area contributed by atoms with Crippen molar-refractivity contribution in [1.82, 2.24) is 0 Å². The fraction of sp³-hybridized carbons (Fsp3) is 0.125. The van der Waals surface area contributed by atoms with Gasteiger partial charge in [-0.05, 0) is 76.0 Å². The zero-order valence-corrected chi connectivity index (χ0v) is 17.2. The average molecular weight is 479 g/mol. The third-order valence-electron chi connectivity index (χ3n) is 5.47. The third-order valence-corrected chi connectivity index (χ3v) is 6.19. The molecule has 138 valence electrons. The van der Waals surface area contributed by atoms with E-state index in [0.717, 1.165) is 17.5 Å². The Balaban J connectivity index is 1.69. The van der Waals surface area contributed by atoms with Crippen LogP contribution in [0.3, 0.4) is 0 Å². The van der Waals surface area contributed by atoms with E-state index >= 15 is 0 Å². The van der Waals surface area contributed by atoms with Crippen molar-refractivity contribution in [3.05, 3.63) is 110 Å². The zero-order chi connectivity index (χ0) is 19.1. The van der Waals surface area contributed by atoms with Crippen molar-refractivity contribution in [3.8, 4) is 0 Å². The van der Waals surface area contributed by atoms with Crippen molar-refractivity contribution in [2.24, 2.45) is 0 Å². The van der Waals surface area contributed by atoms with E-state index in [1.807, 2.05) is 24.3 Å². The summed E-state index contributed by atoms with van der Waals surface area (Å²) in [6.45, 7) is 0. The van der Waals surface area contributed by atoms with E-state index in [1.165, 1.54) is 26.3 Å². The smallest absolute Gasteiger partial charge is 0.336 e. The predicted octanol–water partition coefficient (Wildman–Crippen LogP) is 6.09. The van der Waals surface area contributed by atoms with E-state index < -0.39 is 0 Å². The van der Waals surface area contributed by atoms with Gasteiger partial charge in [0.15, 0.2) is 0 Å². The van der Waals surface area contributed by atoms with Crippen molar-refractivity contribution in [1.29, 1.82) is 0 Å². The molecule has 28 heavy (non-hydrogen) atoms. The summed E-state index contributed by atoms with van der Waals surface area (Å²) in [5.41, 5.74) is 5.19. The maximum atomic E-state index is 11.7. The normalized spacial score (nSPS) is 18.5. The lowest BCUT2D eigenvalue weighted by atomic mass is 9.79. The Bertz CT molecular complexity index is 1200. The number of hydrogen-bond donors (Lipinski definition) is 1. The molecular formula is C24H18INO2. The van der Waals surface area contributed by atoms with Gasteiger partial charge in [-0.25, -0.2) is 4.79 Å². The Kier molecular flexibility index (Phi) is 4.43. The molecule has 5 rings (SSSR count). The maximum absolute atomic E-state index is 11.7. The largest absolute Gasteiger partial charge is 0.423 e. The zero-order valence-electron chi connectivity index (χ0n) is 15.1. The second-order valence-electron chi connectivity index (χ2n) is 7.14. The van der Waals surface area contributed by atoms with Gasteiger partial charge in [-0.2, -0.15) is 0 Å². The molecular weight excluding hydrogens is 461 g/mol. The van der Waals surface area contributed by atoms with Crippen LogP contribution in [-0.2, 0) is 0 Å².